The van der Waals surface area contributed by atoms with E-state index in [2.05, 4.69) is 11.8 Å². The average Bonchev–Trinajstić information content (AvgIpc) is 2.48. The number of halogens is 1. The molecule has 0 radical (unpaired) electrons. The Morgan fingerprint density at radius 2 is 2.05 bits per heavy atom. The number of benzene rings is 2. The molecule has 0 bridgehead atoms. The van der Waals surface area contributed by atoms with Gasteiger partial charge < -0.3 is 5.73 Å². The topological polar surface area (TPSA) is 53.0 Å². The van der Waals surface area contributed by atoms with Crippen molar-refractivity contribution in [3.05, 3.63) is 65.0 Å². The second kappa shape index (κ2) is 6.38. The quantitative estimate of drug-likeness (QED) is 0.874. The standard InChI is InChI=1S/C17H18FN3/c1-12(14-4-3-5-16(20)9-14)21(2)11-13-6-7-17(18)15(8-13)10-19/h3-9,12H,11,20H2,1-2H3. The Bertz CT molecular complexity index is 676. The maximum absolute atomic E-state index is 13.3. The summed E-state index contributed by atoms with van der Waals surface area (Å²) in [5.74, 6) is -0.479. The van der Waals surface area contributed by atoms with E-state index in [1.165, 1.54) is 6.07 Å². The Hall–Kier alpha value is -2.38. The molecule has 0 fully saturated rings. The molecule has 2 aromatic rings. The number of nitrogens with zero attached hydrogens (tertiary/aromatic N) is 2. The maximum Gasteiger partial charge on any atom is 0.140 e. The Morgan fingerprint density at radius 1 is 1.29 bits per heavy atom. The summed E-state index contributed by atoms with van der Waals surface area (Å²) in [6, 6.07) is 14.4. The van der Waals surface area contributed by atoms with E-state index in [0.29, 0.717) is 6.54 Å². The van der Waals surface area contributed by atoms with Crippen molar-refractivity contribution in [3.63, 3.8) is 0 Å². The Morgan fingerprint density at radius 3 is 2.71 bits per heavy atom. The minimum atomic E-state index is -0.479. The van der Waals surface area contributed by atoms with Crippen molar-refractivity contribution in [1.82, 2.24) is 4.90 Å². The van der Waals surface area contributed by atoms with Crippen LogP contribution in [0.2, 0.25) is 0 Å². The molecule has 0 aliphatic rings. The van der Waals surface area contributed by atoms with Crippen molar-refractivity contribution < 1.29 is 4.39 Å². The smallest absolute Gasteiger partial charge is 0.140 e. The predicted molar refractivity (Wildman–Crippen MR) is 81.9 cm³/mol. The van der Waals surface area contributed by atoms with Crippen LogP contribution in [0, 0.1) is 17.1 Å². The third-order valence-electron chi connectivity index (χ3n) is 3.64. The van der Waals surface area contributed by atoms with Crippen molar-refractivity contribution in [2.24, 2.45) is 0 Å². The lowest BCUT2D eigenvalue weighted by molar-refractivity contribution is 0.253. The normalized spacial score (nSPS) is 12.1. The van der Waals surface area contributed by atoms with E-state index in [1.807, 2.05) is 37.4 Å². The van der Waals surface area contributed by atoms with Crippen molar-refractivity contribution in [2.45, 2.75) is 19.5 Å². The molecule has 0 saturated carbocycles. The number of nitrogen functional groups attached to an aromatic ring is 1. The first-order valence-electron chi connectivity index (χ1n) is 6.75. The summed E-state index contributed by atoms with van der Waals surface area (Å²) in [6.45, 7) is 2.72. The summed E-state index contributed by atoms with van der Waals surface area (Å²) in [7, 11) is 1.99. The van der Waals surface area contributed by atoms with Gasteiger partial charge in [-0.1, -0.05) is 18.2 Å². The largest absolute Gasteiger partial charge is 0.399 e. The zero-order chi connectivity index (χ0) is 15.4. The van der Waals surface area contributed by atoms with Gasteiger partial charge in [0.15, 0.2) is 0 Å². The van der Waals surface area contributed by atoms with Crippen LogP contribution in [0.15, 0.2) is 42.5 Å². The van der Waals surface area contributed by atoms with E-state index in [-0.39, 0.29) is 11.6 Å². The molecule has 1 unspecified atom stereocenters. The predicted octanol–water partition coefficient (Wildman–Crippen LogP) is 3.47. The van der Waals surface area contributed by atoms with Gasteiger partial charge in [-0.05, 0) is 49.4 Å². The van der Waals surface area contributed by atoms with Crippen molar-refractivity contribution in [1.29, 1.82) is 5.26 Å². The van der Waals surface area contributed by atoms with Gasteiger partial charge in [0.25, 0.3) is 0 Å². The minimum absolute atomic E-state index is 0.0810. The molecule has 108 valence electrons. The highest BCUT2D eigenvalue weighted by atomic mass is 19.1. The average molecular weight is 283 g/mol. The molecule has 2 N–H and O–H groups in total. The molecule has 1 atom stereocenters. The van der Waals surface area contributed by atoms with Crippen LogP contribution in [0.4, 0.5) is 10.1 Å². The van der Waals surface area contributed by atoms with Gasteiger partial charge in [-0.2, -0.15) is 5.26 Å². The SMILES string of the molecule is CC(c1cccc(N)c1)N(C)Cc1ccc(F)c(C#N)c1. The second-order valence-electron chi connectivity index (χ2n) is 5.19. The second-order valence-corrected chi connectivity index (χ2v) is 5.19. The summed E-state index contributed by atoms with van der Waals surface area (Å²) < 4.78 is 13.3. The number of hydrogen-bond acceptors (Lipinski definition) is 3. The number of nitrogens with two attached hydrogens (primary N) is 1. The monoisotopic (exact) mass is 283 g/mol. The first-order chi connectivity index (χ1) is 10.0. The van der Waals surface area contributed by atoms with Crippen molar-refractivity contribution in [2.75, 3.05) is 12.8 Å². The number of anilines is 1. The summed E-state index contributed by atoms with van der Waals surface area (Å²) in [4.78, 5) is 2.13. The summed E-state index contributed by atoms with van der Waals surface area (Å²) in [6.07, 6.45) is 0. The summed E-state index contributed by atoms with van der Waals surface area (Å²) in [5, 5.41) is 8.88. The molecule has 0 spiro atoms. The molecule has 2 rings (SSSR count). The molecule has 4 heteroatoms. The molecular weight excluding hydrogens is 265 g/mol. The Kier molecular flexibility index (Phi) is 4.56. The van der Waals surface area contributed by atoms with Crippen LogP contribution >= 0.6 is 0 Å². The van der Waals surface area contributed by atoms with Crippen LogP contribution in [0.3, 0.4) is 0 Å². The van der Waals surface area contributed by atoms with Crippen LogP contribution in [0.5, 0.6) is 0 Å². The lowest BCUT2D eigenvalue weighted by atomic mass is 10.1. The van der Waals surface area contributed by atoms with Gasteiger partial charge in [-0.3, -0.25) is 4.90 Å². The van der Waals surface area contributed by atoms with Gasteiger partial charge in [-0.25, -0.2) is 4.39 Å². The zero-order valence-electron chi connectivity index (χ0n) is 12.2. The van der Waals surface area contributed by atoms with Crippen LogP contribution < -0.4 is 5.73 Å². The van der Waals surface area contributed by atoms with Gasteiger partial charge in [0.2, 0.25) is 0 Å². The number of hydrogen-bond donors (Lipinski definition) is 1. The zero-order valence-corrected chi connectivity index (χ0v) is 12.2. The molecule has 0 aliphatic carbocycles. The summed E-state index contributed by atoms with van der Waals surface area (Å²) >= 11 is 0. The van der Waals surface area contributed by atoms with Gasteiger partial charge in [0.05, 0.1) is 5.56 Å². The third kappa shape index (κ3) is 3.59. The fraction of sp³-hybridized carbons (Fsp3) is 0.235. The molecule has 0 heterocycles. The van der Waals surface area contributed by atoms with Crippen LogP contribution in [-0.4, -0.2) is 11.9 Å². The number of nitriles is 1. The van der Waals surface area contributed by atoms with Crippen molar-refractivity contribution in [3.8, 4) is 6.07 Å². The van der Waals surface area contributed by atoms with E-state index in [4.69, 9.17) is 11.0 Å². The Labute approximate surface area is 124 Å². The van der Waals surface area contributed by atoms with Gasteiger partial charge in [0, 0.05) is 18.3 Å². The Balaban J connectivity index is 2.14. The van der Waals surface area contributed by atoms with E-state index in [0.717, 1.165) is 16.8 Å². The highest BCUT2D eigenvalue weighted by Gasteiger charge is 2.13. The van der Waals surface area contributed by atoms with Crippen LogP contribution in [0.25, 0.3) is 0 Å². The molecule has 0 aliphatic heterocycles. The fourth-order valence-electron chi connectivity index (χ4n) is 2.25. The highest BCUT2D eigenvalue weighted by Crippen LogP contribution is 2.22. The molecule has 3 nitrogen and oxygen atoms in total. The molecule has 0 amide bonds. The first kappa shape index (κ1) is 15.0. The third-order valence-corrected chi connectivity index (χ3v) is 3.64. The molecule has 0 aromatic heterocycles. The van der Waals surface area contributed by atoms with E-state index >= 15 is 0 Å². The summed E-state index contributed by atoms with van der Waals surface area (Å²) in [5.41, 5.74) is 8.66. The van der Waals surface area contributed by atoms with Crippen molar-refractivity contribution >= 4 is 5.69 Å². The van der Waals surface area contributed by atoms with E-state index < -0.39 is 5.82 Å². The van der Waals surface area contributed by atoms with Crippen LogP contribution in [-0.2, 0) is 6.54 Å². The maximum atomic E-state index is 13.3. The van der Waals surface area contributed by atoms with Gasteiger partial charge in [-0.15, -0.1) is 0 Å². The van der Waals surface area contributed by atoms with Gasteiger partial charge in [0.1, 0.15) is 11.9 Å². The minimum Gasteiger partial charge on any atom is -0.399 e. The molecule has 0 saturated heterocycles. The fourth-order valence-corrected chi connectivity index (χ4v) is 2.25. The number of rotatable bonds is 4. The van der Waals surface area contributed by atoms with E-state index in [1.54, 1.807) is 12.1 Å². The highest BCUT2D eigenvalue weighted by molar-refractivity contribution is 5.41. The molecular formula is C17H18FN3. The lowest BCUT2D eigenvalue weighted by Crippen LogP contribution is -2.22. The lowest BCUT2D eigenvalue weighted by Gasteiger charge is -2.25. The first-order valence-corrected chi connectivity index (χ1v) is 6.75. The molecule has 2 aromatic carbocycles. The van der Waals surface area contributed by atoms with Crippen LogP contribution in [0.1, 0.15) is 29.7 Å². The van der Waals surface area contributed by atoms with E-state index in [9.17, 15) is 4.39 Å². The van der Waals surface area contributed by atoms with Gasteiger partial charge >= 0.3 is 0 Å². The molecule has 21 heavy (non-hydrogen) atoms.